The van der Waals surface area contributed by atoms with Gasteiger partial charge in [-0.3, -0.25) is 9.36 Å². The Morgan fingerprint density at radius 3 is 2.54 bits per heavy atom. The van der Waals surface area contributed by atoms with Gasteiger partial charge in [-0.15, -0.1) is 0 Å². The van der Waals surface area contributed by atoms with E-state index in [0.717, 1.165) is 11.3 Å². The SMILES string of the molecule is CCOC(=O)C1=C(C)N=c2s/c(=C\c3cc(Cl)cc(Cl)c3O)c(=O)n2[C@H]1c1cc(OC)c(OC)cc1Br. The highest BCUT2D eigenvalue weighted by atomic mass is 79.9. The number of ether oxygens (including phenoxy) is 3. The van der Waals surface area contributed by atoms with E-state index in [-0.39, 0.29) is 33.0 Å². The maximum Gasteiger partial charge on any atom is 0.338 e. The van der Waals surface area contributed by atoms with Gasteiger partial charge in [-0.25, -0.2) is 9.79 Å². The van der Waals surface area contributed by atoms with Crippen molar-refractivity contribution in [3.8, 4) is 17.2 Å². The minimum Gasteiger partial charge on any atom is -0.506 e. The molecule has 1 atom stereocenters. The fourth-order valence-electron chi connectivity index (χ4n) is 4.00. The Kier molecular flexibility index (Phi) is 8.03. The lowest BCUT2D eigenvalue weighted by atomic mass is 9.95. The molecular formula is C25H21BrCl2N2O6S. The van der Waals surface area contributed by atoms with Crippen LogP contribution in [0.4, 0.5) is 0 Å². The number of methoxy groups -OCH3 is 2. The molecule has 0 saturated carbocycles. The van der Waals surface area contributed by atoms with Crippen LogP contribution >= 0.6 is 50.5 Å². The summed E-state index contributed by atoms with van der Waals surface area (Å²) in [6, 6.07) is 5.42. The summed E-state index contributed by atoms with van der Waals surface area (Å²) in [6.07, 6.45) is 1.49. The Hall–Kier alpha value is -2.79. The molecule has 0 bridgehead atoms. The molecule has 0 spiro atoms. The van der Waals surface area contributed by atoms with Crippen LogP contribution in [-0.4, -0.2) is 36.5 Å². The molecule has 0 aliphatic carbocycles. The number of fused-ring (bicyclic) bond motifs is 1. The molecular weight excluding hydrogens is 607 g/mol. The Bertz CT molecular complexity index is 1630. The van der Waals surface area contributed by atoms with E-state index >= 15 is 0 Å². The molecule has 1 aromatic heterocycles. The average molecular weight is 628 g/mol. The lowest BCUT2D eigenvalue weighted by molar-refractivity contribution is -0.139. The van der Waals surface area contributed by atoms with Crippen molar-refractivity contribution in [3.63, 3.8) is 0 Å². The number of carbonyl (C=O) groups is 1. The zero-order valence-electron chi connectivity index (χ0n) is 20.1. The van der Waals surface area contributed by atoms with Gasteiger partial charge in [0.05, 0.1) is 47.7 Å². The van der Waals surface area contributed by atoms with Gasteiger partial charge in [0.1, 0.15) is 5.75 Å². The molecule has 194 valence electrons. The second-order valence-corrected chi connectivity index (χ2v) is 10.6. The summed E-state index contributed by atoms with van der Waals surface area (Å²) in [4.78, 5) is 31.8. The van der Waals surface area contributed by atoms with Gasteiger partial charge in [0, 0.05) is 15.1 Å². The van der Waals surface area contributed by atoms with Crippen LogP contribution in [0.5, 0.6) is 17.2 Å². The Labute approximate surface area is 234 Å². The largest absolute Gasteiger partial charge is 0.506 e. The van der Waals surface area contributed by atoms with Crippen LogP contribution < -0.4 is 24.4 Å². The van der Waals surface area contributed by atoms with Gasteiger partial charge < -0.3 is 19.3 Å². The number of thiazole rings is 1. The van der Waals surface area contributed by atoms with Gasteiger partial charge in [0.25, 0.3) is 5.56 Å². The highest BCUT2D eigenvalue weighted by Gasteiger charge is 2.35. The van der Waals surface area contributed by atoms with E-state index in [4.69, 9.17) is 37.4 Å². The van der Waals surface area contributed by atoms with Crippen LogP contribution in [0.15, 0.2) is 49.8 Å². The molecule has 1 aliphatic heterocycles. The molecule has 0 unspecified atom stereocenters. The van der Waals surface area contributed by atoms with Crippen molar-refractivity contribution in [1.82, 2.24) is 4.57 Å². The fourth-order valence-corrected chi connectivity index (χ4v) is 6.09. The number of hydrogen-bond donors (Lipinski definition) is 1. The first-order valence-corrected chi connectivity index (χ1v) is 13.3. The van der Waals surface area contributed by atoms with E-state index < -0.39 is 17.6 Å². The first kappa shape index (κ1) is 27.3. The zero-order chi connectivity index (χ0) is 27.0. The van der Waals surface area contributed by atoms with Crippen LogP contribution in [0.3, 0.4) is 0 Å². The van der Waals surface area contributed by atoms with E-state index in [0.29, 0.717) is 37.1 Å². The Morgan fingerprint density at radius 2 is 1.89 bits per heavy atom. The highest BCUT2D eigenvalue weighted by molar-refractivity contribution is 9.10. The highest BCUT2D eigenvalue weighted by Crippen LogP contribution is 2.41. The number of phenolic OH excluding ortho intramolecular Hbond substituents is 1. The number of nitrogens with zero attached hydrogens (tertiary/aromatic N) is 2. The number of allylic oxidation sites excluding steroid dienone is 1. The van der Waals surface area contributed by atoms with Gasteiger partial charge in [-0.2, -0.15) is 0 Å². The first-order valence-electron chi connectivity index (χ1n) is 10.9. The lowest BCUT2D eigenvalue weighted by Crippen LogP contribution is -2.40. The molecule has 0 amide bonds. The van der Waals surface area contributed by atoms with Crippen molar-refractivity contribution >= 4 is 62.5 Å². The van der Waals surface area contributed by atoms with Crippen molar-refractivity contribution in [1.29, 1.82) is 0 Å². The molecule has 37 heavy (non-hydrogen) atoms. The molecule has 0 fully saturated rings. The topological polar surface area (TPSA) is 99.4 Å². The van der Waals surface area contributed by atoms with E-state index in [1.807, 2.05) is 0 Å². The minimum absolute atomic E-state index is 0.0547. The molecule has 8 nitrogen and oxygen atoms in total. The van der Waals surface area contributed by atoms with Gasteiger partial charge in [0.2, 0.25) is 0 Å². The van der Waals surface area contributed by atoms with Crippen LogP contribution in [0, 0.1) is 0 Å². The molecule has 1 aliphatic rings. The van der Waals surface area contributed by atoms with Gasteiger partial charge in [0.15, 0.2) is 16.3 Å². The molecule has 2 heterocycles. The maximum absolute atomic E-state index is 13.8. The lowest BCUT2D eigenvalue weighted by Gasteiger charge is -2.26. The Morgan fingerprint density at radius 1 is 1.22 bits per heavy atom. The van der Waals surface area contributed by atoms with E-state index in [2.05, 4.69) is 20.9 Å². The Balaban J connectivity index is 2.04. The number of aromatic hydroxyl groups is 1. The van der Waals surface area contributed by atoms with Gasteiger partial charge in [-0.05, 0) is 49.8 Å². The molecule has 0 radical (unpaired) electrons. The number of aromatic nitrogens is 1. The van der Waals surface area contributed by atoms with Gasteiger partial charge >= 0.3 is 5.97 Å². The third kappa shape index (κ3) is 5.03. The van der Waals surface area contributed by atoms with Crippen molar-refractivity contribution in [2.24, 2.45) is 4.99 Å². The third-order valence-corrected chi connectivity index (χ3v) is 7.83. The van der Waals surface area contributed by atoms with Crippen molar-refractivity contribution in [2.75, 3.05) is 20.8 Å². The third-order valence-electron chi connectivity index (χ3n) is 5.66. The number of rotatable bonds is 6. The molecule has 0 saturated heterocycles. The maximum atomic E-state index is 13.8. The predicted molar refractivity (Wildman–Crippen MR) is 146 cm³/mol. The normalized spacial score (nSPS) is 15.3. The molecule has 4 rings (SSSR count). The summed E-state index contributed by atoms with van der Waals surface area (Å²) in [5.74, 6) is 0.0832. The minimum atomic E-state index is -0.886. The van der Waals surface area contributed by atoms with Crippen LogP contribution in [-0.2, 0) is 9.53 Å². The summed E-state index contributed by atoms with van der Waals surface area (Å²) < 4.78 is 18.5. The van der Waals surface area contributed by atoms with Crippen LogP contribution in [0.1, 0.15) is 31.0 Å². The number of phenols is 1. The van der Waals surface area contributed by atoms with E-state index in [1.165, 1.54) is 37.0 Å². The number of hydrogen-bond acceptors (Lipinski definition) is 8. The summed E-state index contributed by atoms with van der Waals surface area (Å²) >= 11 is 16.8. The molecule has 3 aromatic rings. The van der Waals surface area contributed by atoms with E-state index in [1.54, 1.807) is 26.0 Å². The van der Waals surface area contributed by atoms with Crippen LogP contribution in [0.25, 0.3) is 6.08 Å². The predicted octanol–water partition coefficient (Wildman–Crippen LogP) is 4.59. The monoisotopic (exact) mass is 626 g/mol. The van der Waals surface area contributed by atoms with Crippen LogP contribution in [0.2, 0.25) is 10.0 Å². The zero-order valence-corrected chi connectivity index (χ0v) is 24.0. The molecule has 12 heteroatoms. The first-order chi connectivity index (χ1) is 17.6. The summed E-state index contributed by atoms with van der Waals surface area (Å²) in [5, 5.41) is 10.8. The molecule has 2 aromatic carbocycles. The number of benzene rings is 2. The second kappa shape index (κ2) is 10.9. The second-order valence-electron chi connectivity index (χ2n) is 7.86. The summed E-state index contributed by atoms with van der Waals surface area (Å²) in [6.45, 7) is 3.54. The molecule has 1 N–H and O–H groups in total. The van der Waals surface area contributed by atoms with E-state index in [9.17, 15) is 14.7 Å². The van der Waals surface area contributed by atoms with Crippen molar-refractivity contribution < 1.29 is 24.1 Å². The summed E-state index contributed by atoms with van der Waals surface area (Å²) in [5.41, 5.74) is 1.03. The smallest absolute Gasteiger partial charge is 0.338 e. The summed E-state index contributed by atoms with van der Waals surface area (Å²) in [7, 11) is 3.01. The average Bonchev–Trinajstić information content (AvgIpc) is 3.15. The number of halogens is 3. The number of carbonyl (C=O) groups excluding carboxylic acids is 1. The quantitative estimate of drug-likeness (QED) is 0.402. The fraction of sp³-hybridized carbons (Fsp3) is 0.240. The number of esters is 1. The van der Waals surface area contributed by atoms with Gasteiger partial charge in [-0.1, -0.05) is 50.5 Å². The van der Waals surface area contributed by atoms with Crippen molar-refractivity contribution in [3.05, 3.63) is 80.9 Å². The van der Waals surface area contributed by atoms with Crippen molar-refractivity contribution in [2.45, 2.75) is 19.9 Å². The standard InChI is InChI=1S/C25H21BrCl2N2O6S/c1-5-36-24(33)20-11(2)29-25-30(21(20)14-9-17(34-3)18(35-4)10-15(14)26)23(32)19(37-25)7-12-6-13(27)8-16(28)22(12)31/h6-10,21,31H,5H2,1-4H3/b19-7-/t21-/m0/s1.